The smallest absolute Gasteiger partial charge is 0.308 e. The number of carbonyl (C=O) groups excluding carboxylic acids is 3. The Balaban J connectivity index is 1.52. The molecule has 1 aliphatic rings. The van der Waals surface area contributed by atoms with Gasteiger partial charge in [-0.25, -0.2) is 0 Å². The number of rotatable bonds is 7. The number of para-hydroxylation sites is 1. The molecule has 1 saturated heterocycles. The van der Waals surface area contributed by atoms with E-state index in [1.54, 1.807) is 30.3 Å². The van der Waals surface area contributed by atoms with Crippen LogP contribution in [0.25, 0.3) is 0 Å². The summed E-state index contributed by atoms with van der Waals surface area (Å²) in [7, 11) is 0. The van der Waals surface area contributed by atoms with Crippen molar-refractivity contribution in [1.29, 1.82) is 0 Å². The minimum atomic E-state index is -0.890. The molecular formula is C22H22ClN3O5S. The minimum Gasteiger partial charge on any atom is -0.490 e. The number of hydrogen-bond donors (Lipinski definition) is 2. The summed E-state index contributed by atoms with van der Waals surface area (Å²) in [6.45, 7) is 0.903. The molecule has 2 amide bonds. The van der Waals surface area contributed by atoms with Gasteiger partial charge in [0, 0.05) is 23.7 Å². The predicted octanol–water partition coefficient (Wildman–Crippen LogP) is 2.17. The predicted molar refractivity (Wildman–Crippen MR) is 123 cm³/mol. The number of piperazine rings is 1. The van der Waals surface area contributed by atoms with Gasteiger partial charge in [-0.1, -0.05) is 35.9 Å². The monoisotopic (exact) mass is 475 g/mol. The van der Waals surface area contributed by atoms with Crippen molar-refractivity contribution < 1.29 is 23.9 Å². The Labute approximate surface area is 195 Å². The van der Waals surface area contributed by atoms with Crippen molar-refractivity contribution in [1.82, 2.24) is 15.5 Å². The molecule has 1 heterocycles. The highest BCUT2D eigenvalue weighted by Gasteiger charge is 2.34. The molecule has 0 spiro atoms. The molecule has 2 aromatic rings. The van der Waals surface area contributed by atoms with E-state index in [2.05, 4.69) is 10.6 Å². The van der Waals surface area contributed by atoms with Gasteiger partial charge in [0.25, 0.3) is 5.91 Å². The van der Waals surface area contributed by atoms with E-state index in [1.807, 2.05) is 18.2 Å². The third-order valence-corrected chi connectivity index (χ3v) is 5.19. The fourth-order valence-corrected chi connectivity index (χ4v) is 3.58. The molecule has 0 radical (unpaired) electrons. The molecule has 2 aromatic carbocycles. The standard InChI is InChI=1S/C22H22ClN3O5S/c23-16-6-4-5-15(13-16)20(28)25-22(32)26-10-9-24-21(29)18(26)14-19(27)31-12-11-30-17-7-2-1-3-8-17/h1-8,13,18H,9-12,14H2,(H,24,29)(H,25,28,32). The first-order valence-electron chi connectivity index (χ1n) is 9.93. The van der Waals surface area contributed by atoms with Crippen molar-refractivity contribution >= 4 is 46.7 Å². The van der Waals surface area contributed by atoms with E-state index in [1.165, 1.54) is 11.0 Å². The van der Waals surface area contributed by atoms with Gasteiger partial charge in [-0.05, 0) is 42.5 Å². The number of benzene rings is 2. The zero-order valence-corrected chi connectivity index (χ0v) is 18.7. The second-order valence-corrected chi connectivity index (χ2v) is 7.68. The number of halogens is 1. The summed E-state index contributed by atoms with van der Waals surface area (Å²) in [6.07, 6.45) is -0.218. The fraction of sp³-hybridized carbons (Fsp3) is 0.273. The van der Waals surface area contributed by atoms with Crippen LogP contribution < -0.4 is 15.4 Å². The third kappa shape index (κ3) is 6.66. The molecular weight excluding hydrogens is 454 g/mol. The summed E-state index contributed by atoms with van der Waals surface area (Å²) in [5.74, 6) is -0.726. The number of esters is 1. The Kier molecular flexibility index (Phi) is 8.41. The van der Waals surface area contributed by atoms with Crippen molar-refractivity contribution in [3.8, 4) is 5.75 Å². The number of carbonyl (C=O) groups is 3. The molecule has 0 saturated carbocycles. The lowest BCUT2D eigenvalue weighted by molar-refractivity contribution is -0.148. The van der Waals surface area contributed by atoms with Crippen LogP contribution in [-0.2, 0) is 14.3 Å². The molecule has 1 unspecified atom stereocenters. The lowest BCUT2D eigenvalue weighted by Crippen LogP contribution is -2.60. The molecule has 2 N–H and O–H groups in total. The molecule has 1 aliphatic heterocycles. The second-order valence-electron chi connectivity index (χ2n) is 6.86. The van der Waals surface area contributed by atoms with Gasteiger partial charge in [-0.3, -0.25) is 19.7 Å². The molecule has 1 fully saturated rings. The molecule has 32 heavy (non-hydrogen) atoms. The quantitative estimate of drug-likeness (QED) is 0.360. The largest absolute Gasteiger partial charge is 0.490 e. The molecule has 1 atom stereocenters. The Morgan fingerprint density at radius 2 is 1.94 bits per heavy atom. The van der Waals surface area contributed by atoms with Gasteiger partial charge in [-0.15, -0.1) is 0 Å². The zero-order valence-electron chi connectivity index (χ0n) is 17.1. The number of ether oxygens (including phenoxy) is 2. The van der Waals surface area contributed by atoms with Gasteiger partial charge in [-0.2, -0.15) is 0 Å². The first kappa shape index (κ1) is 23.5. The molecule has 10 heteroatoms. The van der Waals surface area contributed by atoms with E-state index >= 15 is 0 Å². The lowest BCUT2D eigenvalue weighted by atomic mass is 10.1. The summed E-state index contributed by atoms with van der Waals surface area (Å²) in [6, 6.07) is 14.7. The highest BCUT2D eigenvalue weighted by molar-refractivity contribution is 7.80. The normalized spacial score (nSPS) is 15.5. The summed E-state index contributed by atoms with van der Waals surface area (Å²) in [5.41, 5.74) is 0.329. The van der Waals surface area contributed by atoms with Gasteiger partial charge >= 0.3 is 5.97 Å². The SMILES string of the molecule is O=C(CC1C(=O)NCCN1C(=S)NC(=O)c1cccc(Cl)c1)OCCOc1ccccc1. The maximum atomic E-state index is 12.5. The Bertz CT molecular complexity index is 989. The summed E-state index contributed by atoms with van der Waals surface area (Å²) < 4.78 is 10.7. The number of thiocarbonyl (C=S) groups is 1. The Hall–Kier alpha value is -3.17. The van der Waals surface area contributed by atoms with Crippen molar-refractivity contribution in [2.75, 3.05) is 26.3 Å². The number of hydrogen-bond acceptors (Lipinski definition) is 6. The topological polar surface area (TPSA) is 97.0 Å². The van der Waals surface area contributed by atoms with E-state index in [-0.39, 0.29) is 30.7 Å². The van der Waals surface area contributed by atoms with Gasteiger partial charge < -0.3 is 19.7 Å². The van der Waals surface area contributed by atoms with E-state index in [0.29, 0.717) is 29.4 Å². The average Bonchev–Trinajstić information content (AvgIpc) is 2.78. The van der Waals surface area contributed by atoms with Crippen LogP contribution in [0.2, 0.25) is 5.02 Å². The highest BCUT2D eigenvalue weighted by atomic mass is 35.5. The number of amides is 2. The molecule has 0 aromatic heterocycles. The lowest BCUT2D eigenvalue weighted by Gasteiger charge is -2.36. The molecule has 8 nitrogen and oxygen atoms in total. The van der Waals surface area contributed by atoms with Crippen molar-refractivity contribution in [2.45, 2.75) is 12.5 Å². The van der Waals surface area contributed by atoms with Gasteiger partial charge in [0.2, 0.25) is 5.91 Å². The fourth-order valence-electron chi connectivity index (χ4n) is 3.08. The molecule has 0 aliphatic carbocycles. The third-order valence-electron chi connectivity index (χ3n) is 4.62. The van der Waals surface area contributed by atoms with Crippen LogP contribution in [-0.4, -0.2) is 60.1 Å². The maximum Gasteiger partial charge on any atom is 0.308 e. The van der Waals surface area contributed by atoms with Crippen LogP contribution in [0.15, 0.2) is 54.6 Å². The molecule has 0 bridgehead atoms. The van der Waals surface area contributed by atoms with Crippen LogP contribution in [0.1, 0.15) is 16.8 Å². The van der Waals surface area contributed by atoms with Crippen molar-refractivity contribution in [2.24, 2.45) is 0 Å². The van der Waals surface area contributed by atoms with Crippen LogP contribution in [0.5, 0.6) is 5.75 Å². The molecule has 3 rings (SSSR count). The van der Waals surface area contributed by atoms with E-state index in [4.69, 9.17) is 33.3 Å². The first-order chi connectivity index (χ1) is 15.4. The van der Waals surface area contributed by atoms with Gasteiger partial charge in [0.05, 0.1) is 6.42 Å². The average molecular weight is 476 g/mol. The van der Waals surface area contributed by atoms with Crippen LogP contribution >= 0.6 is 23.8 Å². The zero-order chi connectivity index (χ0) is 22.9. The number of nitrogens with one attached hydrogen (secondary N) is 2. The van der Waals surface area contributed by atoms with Crippen molar-refractivity contribution in [3.05, 3.63) is 65.2 Å². The van der Waals surface area contributed by atoms with Crippen LogP contribution in [0.3, 0.4) is 0 Å². The van der Waals surface area contributed by atoms with E-state index in [9.17, 15) is 14.4 Å². The van der Waals surface area contributed by atoms with E-state index in [0.717, 1.165) is 0 Å². The number of nitrogens with zero attached hydrogens (tertiary/aromatic N) is 1. The summed E-state index contributed by atoms with van der Waals surface area (Å²) in [5, 5.41) is 5.76. The van der Waals surface area contributed by atoms with Crippen LogP contribution in [0.4, 0.5) is 0 Å². The summed E-state index contributed by atoms with van der Waals surface area (Å²) in [4.78, 5) is 38.6. The van der Waals surface area contributed by atoms with Gasteiger partial charge in [0.15, 0.2) is 5.11 Å². The summed E-state index contributed by atoms with van der Waals surface area (Å²) >= 11 is 11.3. The first-order valence-corrected chi connectivity index (χ1v) is 10.7. The highest BCUT2D eigenvalue weighted by Crippen LogP contribution is 2.13. The Morgan fingerprint density at radius 3 is 2.69 bits per heavy atom. The van der Waals surface area contributed by atoms with Gasteiger partial charge in [0.1, 0.15) is 25.0 Å². The second kappa shape index (κ2) is 11.4. The van der Waals surface area contributed by atoms with E-state index < -0.39 is 17.9 Å². The maximum absolute atomic E-state index is 12.5. The molecule has 168 valence electrons. The minimum absolute atomic E-state index is 0.0397. The Morgan fingerprint density at radius 1 is 1.16 bits per heavy atom. The van der Waals surface area contributed by atoms with Crippen molar-refractivity contribution in [3.63, 3.8) is 0 Å². The van der Waals surface area contributed by atoms with Crippen LogP contribution in [0, 0.1) is 0 Å².